The van der Waals surface area contributed by atoms with Gasteiger partial charge in [-0.05, 0) is 12.1 Å². The lowest BCUT2D eigenvalue weighted by atomic mass is 10.1. The van der Waals surface area contributed by atoms with Crippen LogP contribution in [0.15, 0.2) is 12.1 Å². The van der Waals surface area contributed by atoms with Gasteiger partial charge in [-0.1, -0.05) is 0 Å². The first-order chi connectivity index (χ1) is 7.23. The number of alkyl halides is 5. The largest absolute Gasteiger partial charge is 0.477 e. The first-order valence-corrected chi connectivity index (χ1v) is 3.83. The lowest BCUT2D eigenvalue weighted by Gasteiger charge is -2.11. The van der Waals surface area contributed by atoms with Crippen LogP contribution in [0.2, 0.25) is 0 Å². The normalized spacial score (nSPS) is 11.9. The molecule has 3 nitrogen and oxygen atoms in total. The van der Waals surface area contributed by atoms with Crippen molar-refractivity contribution in [2.24, 2.45) is 0 Å². The third-order valence-electron chi connectivity index (χ3n) is 1.66. The number of hydrogen-bond acceptors (Lipinski definition) is 2. The number of aromatic nitrogens is 1. The van der Waals surface area contributed by atoms with Crippen molar-refractivity contribution in [1.82, 2.24) is 4.98 Å². The van der Waals surface area contributed by atoms with Crippen LogP contribution in [0.4, 0.5) is 22.0 Å². The molecule has 0 saturated heterocycles. The minimum Gasteiger partial charge on any atom is -0.477 e. The number of hydrogen-bond donors (Lipinski definition) is 1. The third-order valence-corrected chi connectivity index (χ3v) is 1.66. The average molecular weight is 241 g/mol. The van der Waals surface area contributed by atoms with Crippen LogP contribution in [0, 0.1) is 0 Å². The highest BCUT2D eigenvalue weighted by molar-refractivity contribution is 5.85. The van der Waals surface area contributed by atoms with Gasteiger partial charge in [-0.3, -0.25) is 0 Å². The molecule has 0 unspecified atom stereocenters. The van der Waals surface area contributed by atoms with E-state index in [2.05, 4.69) is 4.98 Å². The molecule has 0 aliphatic rings. The summed E-state index contributed by atoms with van der Waals surface area (Å²) >= 11 is 0. The second-order valence-electron chi connectivity index (χ2n) is 2.73. The van der Waals surface area contributed by atoms with Gasteiger partial charge >= 0.3 is 12.1 Å². The zero-order chi connectivity index (χ0) is 12.5. The highest BCUT2D eigenvalue weighted by atomic mass is 19.4. The summed E-state index contributed by atoms with van der Waals surface area (Å²) in [4.78, 5) is 13.1. The van der Waals surface area contributed by atoms with Crippen LogP contribution in [0.1, 0.15) is 28.2 Å². The molecular formula is C8H4F5NO2. The molecule has 0 fully saturated rings. The Bertz CT molecular complexity index is 415. The minimum absolute atomic E-state index is 0.276. The van der Waals surface area contributed by atoms with Crippen molar-refractivity contribution in [2.75, 3.05) is 0 Å². The van der Waals surface area contributed by atoms with Crippen LogP contribution in [-0.2, 0) is 6.18 Å². The summed E-state index contributed by atoms with van der Waals surface area (Å²) in [7, 11) is 0. The molecule has 1 N–H and O–H groups in total. The molecule has 0 spiro atoms. The number of halogens is 5. The van der Waals surface area contributed by atoms with Gasteiger partial charge in [0.05, 0.1) is 5.56 Å². The summed E-state index contributed by atoms with van der Waals surface area (Å²) in [5.74, 6) is -1.67. The summed E-state index contributed by atoms with van der Waals surface area (Å²) in [5.41, 5.74) is -4.07. The van der Waals surface area contributed by atoms with Gasteiger partial charge in [0.15, 0.2) is 0 Å². The Balaban J connectivity index is 3.37. The molecular weight excluding hydrogens is 237 g/mol. The zero-order valence-corrected chi connectivity index (χ0v) is 7.42. The van der Waals surface area contributed by atoms with Crippen molar-refractivity contribution in [3.63, 3.8) is 0 Å². The van der Waals surface area contributed by atoms with E-state index >= 15 is 0 Å². The van der Waals surface area contributed by atoms with Crippen LogP contribution in [0.3, 0.4) is 0 Å². The smallest absolute Gasteiger partial charge is 0.418 e. The molecule has 1 aromatic heterocycles. The van der Waals surface area contributed by atoms with Crippen LogP contribution in [0.25, 0.3) is 0 Å². The molecule has 0 bridgehead atoms. The lowest BCUT2D eigenvalue weighted by Crippen LogP contribution is -2.13. The maximum absolute atomic E-state index is 12.2. The monoisotopic (exact) mass is 241 g/mol. The summed E-state index contributed by atoms with van der Waals surface area (Å²) < 4.78 is 61.2. The van der Waals surface area contributed by atoms with E-state index in [9.17, 15) is 26.7 Å². The zero-order valence-electron chi connectivity index (χ0n) is 7.42. The Morgan fingerprint density at radius 3 is 2.25 bits per heavy atom. The lowest BCUT2D eigenvalue weighted by molar-refractivity contribution is -0.140. The van der Waals surface area contributed by atoms with E-state index in [1.165, 1.54) is 0 Å². The fourth-order valence-electron chi connectivity index (χ4n) is 1.00. The highest BCUT2D eigenvalue weighted by Crippen LogP contribution is 2.35. The van der Waals surface area contributed by atoms with E-state index in [4.69, 9.17) is 5.11 Å². The molecule has 16 heavy (non-hydrogen) atoms. The van der Waals surface area contributed by atoms with Gasteiger partial charge in [0.25, 0.3) is 6.43 Å². The molecule has 0 saturated carbocycles. The molecule has 0 aromatic carbocycles. The van der Waals surface area contributed by atoms with Crippen LogP contribution < -0.4 is 0 Å². The van der Waals surface area contributed by atoms with E-state index in [0.29, 0.717) is 6.07 Å². The second kappa shape index (κ2) is 4.03. The molecule has 0 amide bonds. The second-order valence-corrected chi connectivity index (χ2v) is 2.73. The number of aromatic carboxylic acids is 1. The summed E-state index contributed by atoms with van der Waals surface area (Å²) in [6.07, 6.45) is -8.48. The Hall–Kier alpha value is -1.73. The van der Waals surface area contributed by atoms with Gasteiger partial charge in [-0.15, -0.1) is 0 Å². The van der Waals surface area contributed by atoms with Gasteiger partial charge in [0.1, 0.15) is 11.4 Å². The SMILES string of the molecule is O=C(O)c1ccc(C(F)(F)F)c(C(F)F)n1. The van der Waals surface area contributed by atoms with E-state index in [0.717, 1.165) is 0 Å². The average Bonchev–Trinajstić information content (AvgIpc) is 2.15. The molecule has 0 atom stereocenters. The van der Waals surface area contributed by atoms with Gasteiger partial charge in [0, 0.05) is 0 Å². The maximum atomic E-state index is 12.2. The number of carboxylic acids is 1. The Morgan fingerprint density at radius 1 is 1.31 bits per heavy atom. The standard InChI is InChI=1S/C8H4F5NO2/c9-6(10)5-3(8(11,12)13)1-2-4(14-5)7(15)16/h1-2,6H,(H,15,16). The third kappa shape index (κ3) is 2.44. The number of pyridine rings is 1. The van der Waals surface area contributed by atoms with Gasteiger partial charge < -0.3 is 5.11 Å². The number of nitrogens with zero attached hydrogens (tertiary/aromatic N) is 1. The number of carbonyl (C=O) groups is 1. The summed E-state index contributed by atoms with van der Waals surface area (Å²) in [6, 6.07) is 0.801. The van der Waals surface area contributed by atoms with Crippen molar-refractivity contribution in [2.45, 2.75) is 12.6 Å². The molecule has 8 heteroatoms. The topological polar surface area (TPSA) is 50.2 Å². The van der Waals surface area contributed by atoms with Crippen molar-refractivity contribution < 1.29 is 31.9 Å². The highest BCUT2D eigenvalue weighted by Gasteiger charge is 2.37. The van der Waals surface area contributed by atoms with Crippen LogP contribution in [-0.4, -0.2) is 16.1 Å². The fraction of sp³-hybridized carbons (Fsp3) is 0.250. The van der Waals surface area contributed by atoms with E-state index in [1.54, 1.807) is 0 Å². The first kappa shape index (κ1) is 12.3. The molecule has 0 radical (unpaired) electrons. The predicted octanol–water partition coefficient (Wildman–Crippen LogP) is 2.74. The van der Waals surface area contributed by atoms with E-state index in [-0.39, 0.29) is 6.07 Å². The fourth-order valence-corrected chi connectivity index (χ4v) is 1.00. The molecule has 88 valence electrons. The molecule has 1 aromatic rings. The predicted molar refractivity (Wildman–Crippen MR) is 41.2 cm³/mol. The number of carboxylic acid groups (broad SMARTS) is 1. The Morgan fingerprint density at radius 2 is 1.88 bits per heavy atom. The van der Waals surface area contributed by atoms with Crippen molar-refractivity contribution in [3.05, 3.63) is 29.1 Å². The summed E-state index contributed by atoms with van der Waals surface area (Å²) in [6.45, 7) is 0. The van der Waals surface area contributed by atoms with Crippen LogP contribution in [0.5, 0.6) is 0 Å². The molecule has 1 rings (SSSR count). The molecule has 0 aliphatic heterocycles. The van der Waals surface area contributed by atoms with Crippen LogP contribution >= 0.6 is 0 Å². The van der Waals surface area contributed by atoms with Crippen molar-refractivity contribution >= 4 is 5.97 Å². The van der Waals surface area contributed by atoms with Crippen molar-refractivity contribution in [1.29, 1.82) is 0 Å². The molecule has 0 aliphatic carbocycles. The van der Waals surface area contributed by atoms with E-state index < -0.39 is 35.5 Å². The van der Waals surface area contributed by atoms with Gasteiger partial charge in [0.2, 0.25) is 0 Å². The quantitative estimate of drug-likeness (QED) is 0.810. The summed E-state index contributed by atoms with van der Waals surface area (Å²) in [5, 5.41) is 8.40. The first-order valence-electron chi connectivity index (χ1n) is 3.83. The number of rotatable bonds is 2. The van der Waals surface area contributed by atoms with Crippen molar-refractivity contribution in [3.8, 4) is 0 Å². The Kier molecular flexibility index (Phi) is 3.11. The molecule has 1 heterocycles. The van der Waals surface area contributed by atoms with Gasteiger partial charge in [-0.25, -0.2) is 18.6 Å². The minimum atomic E-state index is -4.99. The van der Waals surface area contributed by atoms with Gasteiger partial charge in [-0.2, -0.15) is 13.2 Å². The maximum Gasteiger partial charge on any atom is 0.418 e. The Labute approximate surface area is 85.5 Å². The van der Waals surface area contributed by atoms with E-state index in [1.807, 2.05) is 0 Å².